The zero-order chi connectivity index (χ0) is 11.5. The molecule has 84 valence electrons. The van der Waals surface area contributed by atoms with Gasteiger partial charge in [-0.1, -0.05) is 0 Å². The van der Waals surface area contributed by atoms with Crippen LogP contribution in [-0.2, 0) is 10.2 Å². The Balaban J connectivity index is 2.93. The van der Waals surface area contributed by atoms with Gasteiger partial charge in [0.15, 0.2) is 0 Å². The van der Waals surface area contributed by atoms with Crippen molar-refractivity contribution in [3.05, 3.63) is 23.8 Å². The number of rotatable bonds is 4. The van der Waals surface area contributed by atoms with Gasteiger partial charge in [-0.3, -0.25) is 4.72 Å². The number of nitrogens with one attached hydrogen (secondary N) is 1. The molecule has 1 rings (SSSR count). The first kappa shape index (κ1) is 11.8. The highest BCUT2D eigenvalue weighted by Crippen LogP contribution is 2.21. The zero-order valence-corrected chi connectivity index (χ0v) is 9.47. The topological polar surface area (TPSA) is 81.4 Å². The van der Waals surface area contributed by atoms with Crippen molar-refractivity contribution in [1.29, 1.82) is 0 Å². The smallest absolute Gasteiger partial charge is 0.296 e. The van der Waals surface area contributed by atoms with Crippen LogP contribution in [0, 0.1) is 6.92 Å². The molecule has 0 heterocycles. The van der Waals surface area contributed by atoms with Gasteiger partial charge in [0, 0.05) is 0 Å². The van der Waals surface area contributed by atoms with Gasteiger partial charge in [-0.05, 0) is 37.6 Å². The van der Waals surface area contributed by atoms with Gasteiger partial charge < -0.3 is 4.74 Å². The summed E-state index contributed by atoms with van der Waals surface area (Å²) in [5, 5.41) is 4.86. The monoisotopic (exact) mass is 230 g/mol. The third-order valence-electron chi connectivity index (χ3n) is 1.76. The van der Waals surface area contributed by atoms with Gasteiger partial charge in [-0.2, -0.15) is 8.42 Å². The minimum atomic E-state index is -3.72. The average Bonchev–Trinajstić information content (AvgIpc) is 2.08. The van der Waals surface area contributed by atoms with Crippen LogP contribution in [0.15, 0.2) is 18.2 Å². The van der Waals surface area contributed by atoms with E-state index >= 15 is 0 Å². The number of nitrogens with two attached hydrogens (primary N) is 1. The van der Waals surface area contributed by atoms with Crippen LogP contribution in [0.1, 0.15) is 12.5 Å². The van der Waals surface area contributed by atoms with E-state index in [4.69, 9.17) is 9.88 Å². The molecule has 0 saturated carbocycles. The van der Waals surface area contributed by atoms with Crippen molar-refractivity contribution in [3.63, 3.8) is 0 Å². The van der Waals surface area contributed by atoms with E-state index in [2.05, 4.69) is 4.72 Å². The van der Waals surface area contributed by atoms with Crippen molar-refractivity contribution < 1.29 is 13.2 Å². The van der Waals surface area contributed by atoms with Crippen LogP contribution in [0.25, 0.3) is 0 Å². The Morgan fingerprint density at radius 1 is 1.47 bits per heavy atom. The summed E-state index contributed by atoms with van der Waals surface area (Å²) in [6, 6.07) is 5.05. The van der Waals surface area contributed by atoms with Crippen molar-refractivity contribution in [2.75, 3.05) is 11.3 Å². The Hall–Kier alpha value is -1.27. The quantitative estimate of drug-likeness (QED) is 0.809. The van der Waals surface area contributed by atoms with E-state index < -0.39 is 10.2 Å². The third-order valence-corrected chi connectivity index (χ3v) is 2.27. The van der Waals surface area contributed by atoms with E-state index in [1.165, 1.54) is 0 Å². The summed E-state index contributed by atoms with van der Waals surface area (Å²) in [4.78, 5) is 0. The highest BCUT2D eigenvalue weighted by atomic mass is 32.2. The molecule has 0 aliphatic carbocycles. The first-order valence-electron chi connectivity index (χ1n) is 4.46. The van der Waals surface area contributed by atoms with E-state index in [0.717, 1.165) is 5.56 Å². The Morgan fingerprint density at radius 2 is 2.13 bits per heavy atom. The molecule has 0 saturated heterocycles. The van der Waals surface area contributed by atoms with Crippen LogP contribution in [0.3, 0.4) is 0 Å². The van der Waals surface area contributed by atoms with Crippen LogP contribution < -0.4 is 14.6 Å². The van der Waals surface area contributed by atoms with Crippen molar-refractivity contribution in [2.45, 2.75) is 13.8 Å². The first-order valence-corrected chi connectivity index (χ1v) is 6.01. The van der Waals surface area contributed by atoms with Crippen LogP contribution in [-0.4, -0.2) is 15.0 Å². The molecule has 15 heavy (non-hydrogen) atoms. The lowest BCUT2D eigenvalue weighted by Crippen LogP contribution is -2.22. The van der Waals surface area contributed by atoms with Crippen molar-refractivity contribution in [3.8, 4) is 5.75 Å². The molecule has 6 heteroatoms. The fourth-order valence-corrected chi connectivity index (χ4v) is 1.70. The molecule has 0 radical (unpaired) electrons. The number of benzene rings is 1. The maximum Gasteiger partial charge on any atom is 0.296 e. The second kappa shape index (κ2) is 4.50. The molecule has 0 fully saturated rings. The van der Waals surface area contributed by atoms with E-state index in [1.54, 1.807) is 25.1 Å². The molecule has 0 unspecified atom stereocenters. The Bertz CT molecular complexity index is 443. The maximum absolute atomic E-state index is 10.8. The fraction of sp³-hybridized carbons (Fsp3) is 0.333. The molecule has 0 aliphatic rings. The van der Waals surface area contributed by atoms with Crippen molar-refractivity contribution in [2.24, 2.45) is 5.14 Å². The van der Waals surface area contributed by atoms with Crippen LogP contribution in [0.2, 0.25) is 0 Å². The highest BCUT2D eigenvalue weighted by Gasteiger charge is 2.05. The van der Waals surface area contributed by atoms with Crippen molar-refractivity contribution in [1.82, 2.24) is 0 Å². The number of ether oxygens (including phenoxy) is 1. The zero-order valence-electron chi connectivity index (χ0n) is 8.65. The Kier molecular flexibility index (Phi) is 3.54. The molecule has 5 nitrogen and oxygen atoms in total. The normalized spacial score (nSPS) is 11.1. The molecular formula is C9H14N2O3S. The van der Waals surface area contributed by atoms with Gasteiger partial charge >= 0.3 is 0 Å². The SMILES string of the molecule is CCOc1ccc(NS(N)(=O)=O)c(C)c1. The molecule has 3 N–H and O–H groups in total. The molecule has 1 aromatic carbocycles. The second-order valence-electron chi connectivity index (χ2n) is 3.06. The van der Waals surface area contributed by atoms with Gasteiger partial charge in [-0.15, -0.1) is 0 Å². The summed E-state index contributed by atoms with van der Waals surface area (Å²) < 4.78 is 29.1. The highest BCUT2D eigenvalue weighted by molar-refractivity contribution is 7.90. The standard InChI is InChI=1S/C9H14N2O3S/c1-3-14-8-4-5-9(7(2)6-8)11-15(10,12)13/h4-6,11H,3H2,1-2H3,(H2,10,12,13). The Morgan fingerprint density at radius 3 is 2.60 bits per heavy atom. The van der Waals surface area contributed by atoms with Crippen LogP contribution in [0.4, 0.5) is 5.69 Å². The van der Waals surface area contributed by atoms with E-state index in [1.807, 2.05) is 6.92 Å². The van der Waals surface area contributed by atoms with Crippen LogP contribution >= 0.6 is 0 Å². The minimum absolute atomic E-state index is 0.459. The lowest BCUT2D eigenvalue weighted by atomic mass is 10.2. The van der Waals surface area contributed by atoms with Crippen LogP contribution in [0.5, 0.6) is 5.75 Å². The molecule has 0 atom stereocenters. The van der Waals surface area contributed by atoms with Crippen molar-refractivity contribution >= 4 is 15.9 Å². The first-order chi connectivity index (χ1) is 6.92. The number of hydrogen-bond donors (Lipinski definition) is 2. The summed E-state index contributed by atoms with van der Waals surface area (Å²) >= 11 is 0. The summed E-state index contributed by atoms with van der Waals surface area (Å²) in [6.07, 6.45) is 0. The molecule has 0 amide bonds. The predicted octanol–water partition coefficient (Wildman–Crippen LogP) is 1.01. The second-order valence-corrected chi connectivity index (χ2v) is 4.35. The molecule has 0 aliphatic heterocycles. The molecule has 0 aromatic heterocycles. The van der Waals surface area contributed by atoms with E-state index in [0.29, 0.717) is 18.0 Å². The van der Waals surface area contributed by atoms with Gasteiger partial charge in [0.1, 0.15) is 5.75 Å². The molecule has 1 aromatic rings. The summed E-state index contributed by atoms with van der Waals surface area (Å²) in [5.74, 6) is 0.704. The summed E-state index contributed by atoms with van der Waals surface area (Å²) in [6.45, 7) is 4.23. The molecular weight excluding hydrogens is 216 g/mol. The molecule has 0 bridgehead atoms. The summed E-state index contributed by atoms with van der Waals surface area (Å²) in [5.41, 5.74) is 1.22. The average molecular weight is 230 g/mol. The number of aryl methyl sites for hydroxylation is 1. The van der Waals surface area contributed by atoms with Gasteiger partial charge in [0.2, 0.25) is 0 Å². The van der Waals surface area contributed by atoms with Gasteiger partial charge in [0.05, 0.1) is 12.3 Å². The fourth-order valence-electron chi connectivity index (χ4n) is 1.16. The van der Waals surface area contributed by atoms with Gasteiger partial charge in [-0.25, -0.2) is 5.14 Å². The predicted molar refractivity (Wildman–Crippen MR) is 59.1 cm³/mol. The Labute approximate surface area is 89.4 Å². The lowest BCUT2D eigenvalue weighted by molar-refractivity contribution is 0.340. The van der Waals surface area contributed by atoms with E-state index in [9.17, 15) is 8.42 Å². The largest absolute Gasteiger partial charge is 0.494 e. The minimum Gasteiger partial charge on any atom is -0.494 e. The molecule has 0 spiro atoms. The lowest BCUT2D eigenvalue weighted by Gasteiger charge is -2.09. The van der Waals surface area contributed by atoms with E-state index in [-0.39, 0.29) is 0 Å². The van der Waals surface area contributed by atoms with Gasteiger partial charge in [0.25, 0.3) is 10.2 Å². The number of hydrogen-bond acceptors (Lipinski definition) is 3. The third kappa shape index (κ3) is 3.77. The maximum atomic E-state index is 10.8. The number of anilines is 1. The summed E-state index contributed by atoms with van der Waals surface area (Å²) in [7, 11) is -3.72.